The van der Waals surface area contributed by atoms with Gasteiger partial charge in [0.2, 0.25) is 23.6 Å². The Labute approximate surface area is 277 Å². The fourth-order valence-electron chi connectivity index (χ4n) is 6.72. The third kappa shape index (κ3) is 4.83. The number of aliphatic hydroxyl groups is 1. The molecule has 3 aliphatic heterocycles. The Morgan fingerprint density at radius 3 is 2.56 bits per heavy atom. The van der Waals surface area contributed by atoms with Gasteiger partial charge in [0, 0.05) is 31.8 Å². The number of nitrogens with zero attached hydrogens (tertiary/aromatic N) is 3. The van der Waals surface area contributed by atoms with Crippen molar-refractivity contribution in [3.63, 3.8) is 0 Å². The van der Waals surface area contributed by atoms with Crippen LogP contribution in [0.25, 0.3) is 11.6 Å². The highest BCUT2D eigenvalue weighted by Gasteiger charge is 2.61. The van der Waals surface area contributed by atoms with E-state index in [0.717, 1.165) is 22.4 Å². The Morgan fingerprint density at radius 2 is 1.83 bits per heavy atom. The number of hydrogen-bond donors (Lipinski definition) is 4. The van der Waals surface area contributed by atoms with Crippen LogP contribution >= 0.6 is 0 Å². The molecule has 13 heteroatoms. The lowest BCUT2D eigenvalue weighted by atomic mass is 9.72. The fourth-order valence-corrected chi connectivity index (χ4v) is 6.72. The van der Waals surface area contributed by atoms with E-state index >= 15 is 0 Å². The van der Waals surface area contributed by atoms with Crippen LogP contribution in [0.4, 0.5) is 5.69 Å². The number of anilines is 1. The lowest BCUT2D eigenvalue weighted by Crippen LogP contribution is -2.52. The predicted octanol–water partition coefficient (Wildman–Crippen LogP) is 3.38. The molecule has 1 spiro atoms. The Hall–Kier alpha value is -5.17. The quantitative estimate of drug-likeness (QED) is 0.242. The Balaban J connectivity index is 1.47. The van der Waals surface area contributed by atoms with Crippen LogP contribution in [-0.2, 0) is 21.4 Å². The summed E-state index contributed by atoms with van der Waals surface area (Å²) in [5, 5.41) is 19.9. The number of hydrogen-bond acceptors (Lipinski definition) is 10. The van der Waals surface area contributed by atoms with Gasteiger partial charge in [-0.2, -0.15) is 0 Å². The maximum atomic E-state index is 14.0. The first-order valence-electron chi connectivity index (χ1n) is 16.0. The van der Waals surface area contributed by atoms with Crippen molar-refractivity contribution in [2.45, 2.75) is 63.9 Å². The van der Waals surface area contributed by atoms with Crippen molar-refractivity contribution in [2.24, 2.45) is 11.8 Å². The molecule has 13 nitrogen and oxygen atoms in total. The molecule has 0 aliphatic carbocycles. The van der Waals surface area contributed by atoms with E-state index in [1.165, 1.54) is 11.2 Å². The van der Waals surface area contributed by atoms with Gasteiger partial charge in [-0.05, 0) is 35.1 Å². The van der Waals surface area contributed by atoms with Crippen molar-refractivity contribution >= 4 is 23.4 Å². The van der Waals surface area contributed by atoms with Crippen molar-refractivity contribution in [2.75, 3.05) is 19.4 Å². The molecule has 0 radical (unpaired) electrons. The summed E-state index contributed by atoms with van der Waals surface area (Å²) in [5.74, 6) is -0.754. The molecule has 0 saturated carbocycles. The van der Waals surface area contributed by atoms with Crippen LogP contribution in [-0.4, -0.2) is 70.2 Å². The van der Waals surface area contributed by atoms with Gasteiger partial charge in [-0.15, -0.1) is 0 Å². The smallest absolute Gasteiger partial charge is 0.275 e. The maximum absolute atomic E-state index is 14.0. The van der Waals surface area contributed by atoms with Gasteiger partial charge in [0.15, 0.2) is 23.4 Å². The zero-order valence-corrected chi connectivity index (χ0v) is 27.5. The van der Waals surface area contributed by atoms with Gasteiger partial charge in [-0.1, -0.05) is 58.0 Å². The molecule has 3 unspecified atom stereocenters. The standard InChI is InChI=1S/C35H38N6O7/c1-16(2)25-32-40-26(31-37-23(15-46-31)33(45)41(5)6)28(48-32)35-19-9-7-8-10-21(19)38-34(35)47-24-12-11-18(13-20(24)35)14-22(29(43)39-25)36-30(44)27(42)17(3)4/h7-13,15-17,22,25,27,34,38,42H,14H2,1-6H3,(H,36,44)(H,39,43)/t22?,25-,27-,34?,35?/m0/s1. The lowest BCUT2D eigenvalue weighted by Gasteiger charge is -2.29. The van der Waals surface area contributed by atoms with E-state index in [9.17, 15) is 19.5 Å². The van der Waals surface area contributed by atoms with E-state index < -0.39 is 41.6 Å². The molecule has 48 heavy (non-hydrogen) atoms. The van der Waals surface area contributed by atoms with Crippen molar-refractivity contribution < 1.29 is 33.1 Å². The molecule has 3 aliphatic rings. The third-order valence-corrected chi connectivity index (χ3v) is 9.28. The number of ether oxygens (including phenoxy) is 1. The molecule has 0 fully saturated rings. The number of fused-ring (bicyclic) bond motifs is 4. The summed E-state index contributed by atoms with van der Waals surface area (Å²) in [6.45, 7) is 7.30. The van der Waals surface area contributed by atoms with Gasteiger partial charge in [0.05, 0.1) is 0 Å². The highest BCUT2D eigenvalue weighted by molar-refractivity contribution is 5.92. The van der Waals surface area contributed by atoms with Crippen LogP contribution in [0.2, 0.25) is 0 Å². The second-order valence-electron chi connectivity index (χ2n) is 13.5. The van der Waals surface area contributed by atoms with Crippen LogP contribution in [0.3, 0.4) is 0 Å². The average molecular weight is 655 g/mol. The van der Waals surface area contributed by atoms with Crippen LogP contribution < -0.4 is 20.7 Å². The summed E-state index contributed by atoms with van der Waals surface area (Å²) < 4.78 is 19.3. The van der Waals surface area contributed by atoms with Gasteiger partial charge >= 0.3 is 0 Å². The SMILES string of the molecule is CC(C)[C@H](O)C(=O)NC1Cc2ccc3c(c2)C2(c4ccccc4NC2O3)c2oc(nc2-c2nc(C(=O)N(C)C)co2)[C@H](C(C)C)NC1=O. The van der Waals surface area contributed by atoms with Gasteiger partial charge in [0.25, 0.3) is 5.91 Å². The van der Waals surface area contributed by atoms with Crippen LogP contribution in [0.15, 0.2) is 57.6 Å². The van der Waals surface area contributed by atoms with Crippen molar-refractivity contribution in [1.29, 1.82) is 0 Å². The summed E-state index contributed by atoms with van der Waals surface area (Å²) in [6, 6.07) is 11.7. The van der Waals surface area contributed by atoms with Gasteiger partial charge in [0.1, 0.15) is 35.6 Å². The maximum Gasteiger partial charge on any atom is 0.275 e. The first kappa shape index (κ1) is 31.4. The van der Waals surface area contributed by atoms with Crippen LogP contribution in [0.1, 0.15) is 72.6 Å². The molecule has 4 aromatic rings. The minimum Gasteiger partial charge on any atom is -0.469 e. The monoisotopic (exact) mass is 654 g/mol. The van der Waals surface area contributed by atoms with E-state index in [2.05, 4.69) is 20.9 Å². The number of rotatable bonds is 6. The zero-order valence-electron chi connectivity index (χ0n) is 27.5. The molecule has 3 amide bonds. The summed E-state index contributed by atoms with van der Waals surface area (Å²) in [6.07, 6.45) is -0.506. The zero-order chi connectivity index (χ0) is 34.1. The largest absolute Gasteiger partial charge is 0.469 e. The number of aliphatic hydroxyl groups excluding tert-OH is 1. The third-order valence-electron chi connectivity index (χ3n) is 9.28. The number of oxazole rings is 2. The highest BCUT2D eigenvalue weighted by Crippen LogP contribution is 2.59. The minimum atomic E-state index is -1.29. The van der Waals surface area contributed by atoms with Crippen LogP contribution in [0, 0.1) is 11.8 Å². The number of benzene rings is 2. The number of carbonyl (C=O) groups excluding carboxylic acids is 3. The van der Waals surface area contributed by atoms with Gasteiger partial charge in [-0.25, -0.2) is 9.97 Å². The molecule has 4 N–H and O–H groups in total. The number of aromatic nitrogens is 2. The average Bonchev–Trinajstić information content (AvgIpc) is 3.83. The minimum absolute atomic E-state index is 0.0730. The molecule has 5 atom stereocenters. The van der Waals surface area contributed by atoms with E-state index in [1.807, 2.05) is 56.3 Å². The van der Waals surface area contributed by atoms with Crippen LogP contribution in [0.5, 0.6) is 5.75 Å². The van der Waals surface area contributed by atoms with E-state index in [4.69, 9.17) is 18.6 Å². The molecule has 7 rings (SSSR count). The Kier molecular flexibility index (Phi) is 7.54. The lowest BCUT2D eigenvalue weighted by molar-refractivity contribution is -0.135. The van der Waals surface area contributed by atoms with Gasteiger partial charge < -0.3 is 39.5 Å². The normalized spacial score (nSPS) is 22.9. The topological polar surface area (TPSA) is 172 Å². The first-order chi connectivity index (χ1) is 22.9. The molecular formula is C35H38N6O7. The number of amides is 3. The molecule has 5 heterocycles. The second-order valence-corrected chi connectivity index (χ2v) is 13.5. The number of carbonyl (C=O) groups is 3. The van der Waals surface area contributed by atoms with E-state index in [1.54, 1.807) is 27.9 Å². The molecule has 250 valence electrons. The van der Waals surface area contributed by atoms with Crippen molar-refractivity contribution in [3.8, 4) is 17.3 Å². The second kappa shape index (κ2) is 11.5. The molecule has 2 aromatic heterocycles. The van der Waals surface area contributed by atoms with Gasteiger partial charge in [-0.3, -0.25) is 14.4 Å². The molecule has 2 aromatic carbocycles. The Bertz CT molecular complexity index is 1930. The predicted molar refractivity (Wildman–Crippen MR) is 173 cm³/mol. The summed E-state index contributed by atoms with van der Waals surface area (Å²) in [5.41, 5.74) is 2.50. The molecule has 4 bridgehead atoms. The summed E-state index contributed by atoms with van der Waals surface area (Å²) >= 11 is 0. The molecule has 0 saturated heterocycles. The highest BCUT2D eigenvalue weighted by atomic mass is 16.5. The van der Waals surface area contributed by atoms with E-state index in [0.29, 0.717) is 11.5 Å². The summed E-state index contributed by atoms with van der Waals surface area (Å²) in [4.78, 5) is 50.8. The molecular weight excluding hydrogens is 616 g/mol. The van der Waals surface area contributed by atoms with Crippen molar-refractivity contribution in [1.82, 2.24) is 25.5 Å². The fraction of sp³-hybridized carbons (Fsp3) is 0.400. The first-order valence-corrected chi connectivity index (χ1v) is 16.0. The van der Waals surface area contributed by atoms with E-state index in [-0.39, 0.29) is 47.3 Å². The number of para-hydroxylation sites is 1. The Morgan fingerprint density at radius 1 is 1.06 bits per heavy atom. The summed E-state index contributed by atoms with van der Waals surface area (Å²) in [7, 11) is 3.25. The van der Waals surface area contributed by atoms with Crippen molar-refractivity contribution in [3.05, 3.63) is 82.8 Å². The number of nitrogens with one attached hydrogen (secondary N) is 3.